The average Bonchev–Trinajstić information content (AvgIpc) is 2.30. The molecule has 0 N–H and O–H groups in total. The maximum atomic E-state index is 11.1. The fourth-order valence-corrected chi connectivity index (χ4v) is 1.24. The van der Waals surface area contributed by atoms with Crippen LogP contribution in [0.3, 0.4) is 0 Å². The van der Waals surface area contributed by atoms with Crippen molar-refractivity contribution in [2.24, 2.45) is 4.99 Å². The van der Waals surface area contributed by atoms with Crippen molar-refractivity contribution in [3.63, 3.8) is 0 Å². The van der Waals surface area contributed by atoms with E-state index in [4.69, 9.17) is 4.74 Å². The van der Waals surface area contributed by atoms with Gasteiger partial charge in [0.2, 0.25) is 0 Å². The highest BCUT2D eigenvalue weighted by atomic mass is 16.5. The molecule has 0 aliphatic carbocycles. The molecule has 0 saturated carbocycles. The number of aliphatic imine (C=N–C) groups is 1. The number of hydrogen-bond donors (Lipinski definition) is 0. The Balaban J connectivity index is 2.66. The molecule has 90 valence electrons. The first kappa shape index (κ1) is 13.2. The molecule has 0 aromatic heterocycles. The zero-order chi connectivity index (χ0) is 12.7. The second kappa shape index (κ2) is 6.63. The fraction of sp³-hybridized carbons (Fsp3) is 0.286. The molecule has 0 bridgehead atoms. The molecule has 0 radical (unpaired) electrons. The van der Waals surface area contributed by atoms with Crippen molar-refractivity contribution in [1.29, 1.82) is 0 Å². The molecular weight excluding hydrogens is 214 g/mol. The second-order valence-electron chi connectivity index (χ2n) is 3.67. The van der Waals surface area contributed by atoms with Crippen LogP contribution in [0.5, 0.6) is 0 Å². The van der Waals surface area contributed by atoms with Gasteiger partial charge in [-0.1, -0.05) is 17.7 Å². The second-order valence-corrected chi connectivity index (χ2v) is 3.67. The smallest absolute Gasteiger partial charge is 0.330 e. The summed E-state index contributed by atoms with van der Waals surface area (Å²) in [6.45, 7) is 6.03. The quantitative estimate of drug-likeness (QED) is 0.453. The first-order valence-corrected chi connectivity index (χ1v) is 5.58. The van der Waals surface area contributed by atoms with Crippen LogP contribution in [0.15, 0.2) is 41.4 Å². The van der Waals surface area contributed by atoms with Gasteiger partial charge in [-0.3, -0.25) is 4.99 Å². The van der Waals surface area contributed by atoms with Crippen LogP contribution in [0.2, 0.25) is 0 Å². The molecule has 17 heavy (non-hydrogen) atoms. The summed E-state index contributed by atoms with van der Waals surface area (Å²) in [6, 6.07) is 7.89. The minimum atomic E-state index is -0.342. The lowest BCUT2D eigenvalue weighted by Crippen LogP contribution is -1.99. The number of carbonyl (C=O) groups is 1. The van der Waals surface area contributed by atoms with Crippen molar-refractivity contribution in [3.05, 3.63) is 42.0 Å². The number of allylic oxidation sites excluding steroid dienone is 1. The molecule has 0 spiro atoms. The van der Waals surface area contributed by atoms with Crippen LogP contribution in [-0.4, -0.2) is 18.3 Å². The Morgan fingerprint density at radius 3 is 2.53 bits per heavy atom. The van der Waals surface area contributed by atoms with E-state index in [0.717, 1.165) is 11.4 Å². The molecule has 0 unspecified atom stereocenters. The van der Waals surface area contributed by atoms with Gasteiger partial charge >= 0.3 is 5.97 Å². The number of esters is 1. The van der Waals surface area contributed by atoms with Gasteiger partial charge in [0.1, 0.15) is 0 Å². The van der Waals surface area contributed by atoms with Crippen molar-refractivity contribution in [2.45, 2.75) is 20.8 Å². The lowest BCUT2D eigenvalue weighted by Gasteiger charge is -1.97. The SMILES string of the molecule is CCOC(=O)/C=C/C(C)=Nc1ccc(C)cc1. The zero-order valence-electron chi connectivity index (χ0n) is 10.4. The Morgan fingerprint density at radius 1 is 1.29 bits per heavy atom. The van der Waals surface area contributed by atoms with E-state index in [-0.39, 0.29) is 5.97 Å². The lowest BCUT2D eigenvalue weighted by molar-refractivity contribution is -0.137. The van der Waals surface area contributed by atoms with Gasteiger partial charge in [0.25, 0.3) is 0 Å². The first-order valence-electron chi connectivity index (χ1n) is 5.58. The summed E-state index contributed by atoms with van der Waals surface area (Å²) in [5, 5.41) is 0. The van der Waals surface area contributed by atoms with Crippen LogP contribution >= 0.6 is 0 Å². The minimum absolute atomic E-state index is 0.342. The largest absolute Gasteiger partial charge is 0.463 e. The Hall–Kier alpha value is -1.90. The summed E-state index contributed by atoms with van der Waals surface area (Å²) >= 11 is 0. The summed E-state index contributed by atoms with van der Waals surface area (Å²) in [5.41, 5.74) is 2.84. The molecular formula is C14H17NO2. The number of nitrogens with zero attached hydrogens (tertiary/aromatic N) is 1. The van der Waals surface area contributed by atoms with Crippen molar-refractivity contribution in [2.75, 3.05) is 6.61 Å². The standard InChI is InChI=1S/C14H17NO2/c1-4-17-14(16)10-7-12(3)15-13-8-5-11(2)6-9-13/h5-10H,4H2,1-3H3/b10-7+,15-12?. The van der Waals surface area contributed by atoms with E-state index in [1.54, 1.807) is 13.0 Å². The topological polar surface area (TPSA) is 38.7 Å². The van der Waals surface area contributed by atoms with E-state index < -0.39 is 0 Å². The van der Waals surface area contributed by atoms with E-state index in [1.807, 2.05) is 38.1 Å². The van der Waals surface area contributed by atoms with Gasteiger partial charge in [0, 0.05) is 11.8 Å². The molecule has 0 heterocycles. The van der Waals surface area contributed by atoms with E-state index in [9.17, 15) is 4.79 Å². The van der Waals surface area contributed by atoms with Crippen LogP contribution in [0.1, 0.15) is 19.4 Å². The van der Waals surface area contributed by atoms with E-state index in [2.05, 4.69) is 4.99 Å². The molecule has 0 aliphatic heterocycles. The van der Waals surface area contributed by atoms with E-state index in [1.165, 1.54) is 11.6 Å². The fourth-order valence-electron chi connectivity index (χ4n) is 1.24. The third kappa shape index (κ3) is 5.11. The number of hydrogen-bond acceptors (Lipinski definition) is 3. The summed E-state index contributed by atoms with van der Waals surface area (Å²) in [7, 11) is 0. The van der Waals surface area contributed by atoms with Crippen molar-refractivity contribution in [3.8, 4) is 0 Å². The zero-order valence-corrected chi connectivity index (χ0v) is 10.4. The van der Waals surface area contributed by atoms with Crippen molar-refractivity contribution >= 4 is 17.4 Å². The highest BCUT2D eigenvalue weighted by Gasteiger charge is 1.94. The average molecular weight is 231 g/mol. The molecule has 1 aromatic rings. The van der Waals surface area contributed by atoms with Crippen LogP contribution in [0, 0.1) is 6.92 Å². The predicted molar refractivity (Wildman–Crippen MR) is 69.7 cm³/mol. The van der Waals surface area contributed by atoms with Gasteiger partial charge in [-0.25, -0.2) is 4.79 Å². The lowest BCUT2D eigenvalue weighted by atomic mass is 10.2. The third-order valence-corrected chi connectivity index (χ3v) is 2.09. The highest BCUT2D eigenvalue weighted by Crippen LogP contribution is 2.12. The summed E-state index contributed by atoms with van der Waals surface area (Å²) in [6.07, 6.45) is 3.04. The Morgan fingerprint density at radius 2 is 1.94 bits per heavy atom. The van der Waals surface area contributed by atoms with Gasteiger partial charge in [0.05, 0.1) is 12.3 Å². The minimum Gasteiger partial charge on any atom is -0.463 e. The molecule has 0 amide bonds. The van der Waals surface area contributed by atoms with Crippen molar-refractivity contribution < 1.29 is 9.53 Å². The van der Waals surface area contributed by atoms with E-state index >= 15 is 0 Å². The number of carbonyl (C=O) groups excluding carboxylic acids is 1. The first-order chi connectivity index (χ1) is 8.11. The van der Waals surface area contributed by atoms with Gasteiger partial charge in [0.15, 0.2) is 0 Å². The molecule has 3 nitrogen and oxygen atoms in total. The summed E-state index contributed by atoms with van der Waals surface area (Å²) in [4.78, 5) is 15.4. The van der Waals surface area contributed by atoms with Crippen molar-refractivity contribution in [1.82, 2.24) is 0 Å². The van der Waals surface area contributed by atoms with Gasteiger partial charge in [-0.15, -0.1) is 0 Å². The number of ether oxygens (including phenoxy) is 1. The van der Waals surface area contributed by atoms with Crippen LogP contribution in [0.4, 0.5) is 5.69 Å². The Labute approximate surface area is 102 Å². The van der Waals surface area contributed by atoms with Gasteiger partial charge in [-0.2, -0.15) is 0 Å². The number of benzene rings is 1. The molecule has 0 aliphatic rings. The summed E-state index contributed by atoms with van der Waals surface area (Å²) < 4.78 is 4.78. The summed E-state index contributed by atoms with van der Waals surface area (Å²) in [5.74, 6) is -0.342. The monoisotopic (exact) mass is 231 g/mol. The van der Waals surface area contributed by atoms with Crippen LogP contribution in [-0.2, 0) is 9.53 Å². The van der Waals surface area contributed by atoms with Crippen LogP contribution < -0.4 is 0 Å². The highest BCUT2D eigenvalue weighted by molar-refractivity contribution is 5.99. The van der Waals surface area contributed by atoms with Gasteiger partial charge in [-0.05, 0) is 39.0 Å². The Kier molecular flexibility index (Phi) is 5.14. The molecule has 1 aromatic carbocycles. The molecule has 0 fully saturated rings. The van der Waals surface area contributed by atoms with Crippen LogP contribution in [0.25, 0.3) is 0 Å². The van der Waals surface area contributed by atoms with E-state index in [0.29, 0.717) is 6.61 Å². The molecule has 0 saturated heterocycles. The molecule has 3 heteroatoms. The number of rotatable bonds is 4. The third-order valence-electron chi connectivity index (χ3n) is 2.09. The maximum Gasteiger partial charge on any atom is 0.330 e. The molecule has 0 atom stereocenters. The molecule has 1 rings (SSSR count). The normalized spacial score (nSPS) is 11.8. The maximum absolute atomic E-state index is 11.1. The predicted octanol–water partition coefficient (Wildman–Crippen LogP) is 3.21. The Bertz CT molecular complexity index is 430. The van der Waals surface area contributed by atoms with Gasteiger partial charge < -0.3 is 4.74 Å². The number of aryl methyl sites for hydroxylation is 1.